The van der Waals surface area contributed by atoms with Gasteiger partial charge in [-0.15, -0.1) is 0 Å². The zero-order valence-electron chi connectivity index (χ0n) is 10.8. The third-order valence-electron chi connectivity index (χ3n) is 3.19. The molecule has 0 aliphatic heterocycles. The molecule has 0 amide bonds. The van der Waals surface area contributed by atoms with Gasteiger partial charge in [-0.3, -0.25) is 0 Å². The smallest absolute Gasteiger partial charge is 0.123 e. The predicted molar refractivity (Wildman–Crippen MR) is 80.8 cm³/mol. The van der Waals surface area contributed by atoms with Gasteiger partial charge in [-0.05, 0) is 60.2 Å². The summed E-state index contributed by atoms with van der Waals surface area (Å²) >= 11 is 12.0. The van der Waals surface area contributed by atoms with E-state index in [1.54, 1.807) is 6.07 Å². The molecule has 2 aromatic rings. The van der Waals surface area contributed by atoms with Crippen molar-refractivity contribution < 1.29 is 9.50 Å². The molecule has 0 fully saturated rings. The molecule has 0 heterocycles. The van der Waals surface area contributed by atoms with Crippen LogP contribution in [0.5, 0.6) is 0 Å². The van der Waals surface area contributed by atoms with Crippen LogP contribution in [0.1, 0.15) is 11.1 Å². The third kappa shape index (κ3) is 4.20. The first-order valence-electron chi connectivity index (χ1n) is 6.37. The molecule has 1 unspecified atom stereocenters. The number of hydrogen-bond acceptors (Lipinski definition) is 1. The highest BCUT2D eigenvalue weighted by Gasteiger charge is 2.13. The van der Waals surface area contributed by atoms with E-state index in [0.29, 0.717) is 28.5 Å². The number of benzene rings is 2. The molecular weight excluding hydrogens is 298 g/mol. The summed E-state index contributed by atoms with van der Waals surface area (Å²) in [6, 6.07) is 11.8. The van der Waals surface area contributed by atoms with Crippen molar-refractivity contribution in [1.29, 1.82) is 0 Å². The van der Waals surface area contributed by atoms with E-state index in [1.165, 1.54) is 12.1 Å². The predicted octanol–water partition coefficient (Wildman–Crippen LogP) is 4.53. The molecule has 0 aliphatic carbocycles. The maximum Gasteiger partial charge on any atom is 0.123 e. The number of halogens is 3. The van der Waals surface area contributed by atoms with Crippen molar-refractivity contribution >= 4 is 23.2 Å². The van der Waals surface area contributed by atoms with E-state index in [2.05, 4.69) is 0 Å². The third-order valence-corrected chi connectivity index (χ3v) is 3.79. The lowest BCUT2D eigenvalue weighted by Crippen LogP contribution is -2.13. The summed E-state index contributed by atoms with van der Waals surface area (Å²) < 4.78 is 13.2. The summed E-state index contributed by atoms with van der Waals surface area (Å²) in [5.41, 5.74) is 1.76. The van der Waals surface area contributed by atoms with E-state index in [9.17, 15) is 9.50 Å². The number of aliphatic hydroxyl groups is 1. The Hall–Kier alpha value is -1.09. The highest BCUT2D eigenvalue weighted by atomic mass is 35.5. The van der Waals surface area contributed by atoms with E-state index < -0.39 is 0 Å². The lowest BCUT2D eigenvalue weighted by Gasteiger charge is -2.15. The lowest BCUT2D eigenvalue weighted by atomic mass is 9.93. The van der Waals surface area contributed by atoms with Crippen molar-refractivity contribution in [2.75, 3.05) is 6.61 Å². The fourth-order valence-corrected chi connectivity index (χ4v) is 2.62. The standard InChI is InChI=1S/C16H15Cl2FO/c17-14-3-1-2-11(8-14)6-12(10-20)7-13-9-15(19)4-5-16(13)18/h1-5,8-9,12,20H,6-7,10H2. The first-order valence-corrected chi connectivity index (χ1v) is 7.13. The molecule has 20 heavy (non-hydrogen) atoms. The molecule has 0 radical (unpaired) electrons. The van der Waals surface area contributed by atoms with Gasteiger partial charge in [-0.2, -0.15) is 0 Å². The van der Waals surface area contributed by atoms with Crippen LogP contribution in [0.3, 0.4) is 0 Å². The SMILES string of the molecule is OCC(Cc1cccc(Cl)c1)Cc1cc(F)ccc1Cl. The van der Waals surface area contributed by atoms with Gasteiger partial charge in [0.2, 0.25) is 0 Å². The van der Waals surface area contributed by atoms with Crippen molar-refractivity contribution in [2.45, 2.75) is 12.8 Å². The molecule has 0 bridgehead atoms. The van der Waals surface area contributed by atoms with E-state index in [1.807, 2.05) is 24.3 Å². The largest absolute Gasteiger partial charge is 0.396 e. The number of hydrogen-bond donors (Lipinski definition) is 1. The van der Waals surface area contributed by atoms with Crippen LogP contribution in [-0.4, -0.2) is 11.7 Å². The average Bonchev–Trinajstić information content (AvgIpc) is 2.42. The molecule has 1 nitrogen and oxygen atoms in total. The van der Waals surface area contributed by atoms with Crippen LogP contribution >= 0.6 is 23.2 Å². The maximum absolute atomic E-state index is 13.2. The second-order valence-corrected chi connectivity index (χ2v) is 5.67. The van der Waals surface area contributed by atoms with E-state index in [-0.39, 0.29) is 18.3 Å². The molecule has 0 spiro atoms. The molecule has 1 N–H and O–H groups in total. The van der Waals surface area contributed by atoms with Gasteiger partial charge in [-0.1, -0.05) is 35.3 Å². The van der Waals surface area contributed by atoms with Crippen molar-refractivity contribution in [2.24, 2.45) is 5.92 Å². The summed E-state index contributed by atoms with van der Waals surface area (Å²) in [5, 5.41) is 10.7. The molecule has 2 aromatic carbocycles. The molecule has 0 aliphatic rings. The Morgan fingerprint density at radius 1 is 1.05 bits per heavy atom. The van der Waals surface area contributed by atoms with Crippen molar-refractivity contribution in [3.8, 4) is 0 Å². The monoisotopic (exact) mass is 312 g/mol. The minimum atomic E-state index is -0.316. The topological polar surface area (TPSA) is 20.2 Å². The van der Waals surface area contributed by atoms with E-state index in [4.69, 9.17) is 23.2 Å². The Kier molecular flexibility index (Phi) is 5.41. The van der Waals surface area contributed by atoms with Gasteiger partial charge in [0.25, 0.3) is 0 Å². The van der Waals surface area contributed by atoms with Crippen LogP contribution in [-0.2, 0) is 12.8 Å². The summed E-state index contributed by atoms with van der Waals surface area (Å²) in [6.45, 7) is 0.0132. The quantitative estimate of drug-likeness (QED) is 0.860. The Morgan fingerprint density at radius 2 is 1.85 bits per heavy atom. The molecule has 4 heteroatoms. The van der Waals surface area contributed by atoms with Crippen LogP contribution in [0, 0.1) is 11.7 Å². The van der Waals surface area contributed by atoms with Gasteiger partial charge in [0.05, 0.1) is 0 Å². The summed E-state index contributed by atoms with van der Waals surface area (Å²) in [4.78, 5) is 0. The van der Waals surface area contributed by atoms with Gasteiger partial charge in [0.15, 0.2) is 0 Å². The average molecular weight is 313 g/mol. The molecular formula is C16H15Cl2FO. The molecule has 2 rings (SSSR count). The van der Waals surface area contributed by atoms with Crippen molar-refractivity contribution in [1.82, 2.24) is 0 Å². The summed E-state index contributed by atoms with van der Waals surface area (Å²) in [6.07, 6.45) is 1.20. The minimum absolute atomic E-state index is 0.0132. The van der Waals surface area contributed by atoms with Gasteiger partial charge in [-0.25, -0.2) is 4.39 Å². The Labute approximate surface area is 128 Å². The normalized spacial score (nSPS) is 12.4. The van der Waals surface area contributed by atoms with Crippen molar-refractivity contribution in [3.63, 3.8) is 0 Å². The number of aliphatic hydroxyl groups excluding tert-OH is 1. The summed E-state index contributed by atoms with van der Waals surface area (Å²) in [5.74, 6) is -0.336. The first kappa shape index (κ1) is 15.3. The Bertz CT molecular complexity index is 586. The molecule has 106 valence electrons. The fraction of sp³-hybridized carbons (Fsp3) is 0.250. The number of rotatable bonds is 5. The molecule has 0 saturated heterocycles. The van der Waals surface area contributed by atoms with E-state index >= 15 is 0 Å². The molecule has 0 saturated carbocycles. The Balaban J connectivity index is 2.11. The van der Waals surface area contributed by atoms with Gasteiger partial charge < -0.3 is 5.11 Å². The van der Waals surface area contributed by atoms with E-state index in [0.717, 1.165) is 5.56 Å². The highest BCUT2D eigenvalue weighted by Crippen LogP contribution is 2.23. The maximum atomic E-state index is 13.2. The van der Waals surface area contributed by atoms with Crippen LogP contribution < -0.4 is 0 Å². The van der Waals surface area contributed by atoms with Crippen LogP contribution in [0.15, 0.2) is 42.5 Å². The first-order chi connectivity index (χ1) is 9.58. The van der Waals surface area contributed by atoms with Gasteiger partial charge in [0.1, 0.15) is 5.82 Å². The van der Waals surface area contributed by atoms with Crippen molar-refractivity contribution in [3.05, 3.63) is 69.5 Å². The van der Waals surface area contributed by atoms with Gasteiger partial charge >= 0.3 is 0 Å². The second kappa shape index (κ2) is 7.07. The molecule has 0 aromatic heterocycles. The zero-order chi connectivity index (χ0) is 14.5. The Morgan fingerprint density at radius 3 is 2.55 bits per heavy atom. The zero-order valence-corrected chi connectivity index (χ0v) is 12.3. The fourth-order valence-electron chi connectivity index (χ4n) is 2.21. The molecule has 1 atom stereocenters. The van der Waals surface area contributed by atoms with Crippen LogP contribution in [0.25, 0.3) is 0 Å². The second-order valence-electron chi connectivity index (χ2n) is 4.82. The van der Waals surface area contributed by atoms with Crippen LogP contribution in [0.2, 0.25) is 10.0 Å². The highest BCUT2D eigenvalue weighted by molar-refractivity contribution is 6.31. The van der Waals surface area contributed by atoms with Crippen LogP contribution in [0.4, 0.5) is 4.39 Å². The lowest BCUT2D eigenvalue weighted by molar-refractivity contribution is 0.225. The summed E-state index contributed by atoms with van der Waals surface area (Å²) in [7, 11) is 0. The minimum Gasteiger partial charge on any atom is -0.396 e. The van der Waals surface area contributed by atoms with Gasteiger partial charge in [0, 0.05) is 16.7 Å².